The van der Waals surface area contributed by atoms with Crippen LogP contribution in [0.15, 0.2) is 48.5 Å². The van der Waals surface area contributed by atoms with Gasteiger partial charge in [0.25, 0.3) is 0 Å². The van der Waals surface area contributed by atoms with Crippen LogP contribution in [0.4, 0.5) is 0 Å². The summed E-state index contributed by atoms with van der Waals surface area (Å²) in [7, 11) is -3.47. The van der Waals surface area contributed by atoms with Crippen LogP contribution in [0, 0.1) is 0 Å². The Morgan fingerprint density at radius 1 is 1.13 bits per heavy atom. The van der Waals surface area contributed by atoms with Gasteiger partial charge in [0.1, 0.15) is 5.75 Å². The monoisotopic (exact) mass is 353 g/mol. The Balaban J connectivity index is 2.01. The number of benzene rings is 2. The molecule has 0 amide bonds. The van der Waals surface area contributed by atoms with Crippen molar-refractivity contribution in [3.8, 4) is 5.75 Å². The second kappa shape index (κ2) is 7.81. The van der Waals surface area contributed by atoms with Crippen molar-refractivity contribution in [1.82, 2.24) is 4.72 Å². The number of rotatable bonds is 7. The van der Waals surface area contributed by atoms with Crippen LogP contribution < -0.4 is 9.46 Å². The van der Waals surface area contributed by atoms with E-state index in [-0.39, 0.29) is 18.4 Å². The van der Waals surface area contributed by atoms with Gasteiger partial charge in [-0.05, 0) is 43.2 Å². The zero-order chi connectivity index (χ0) is 16.9. The molecular formula is C17H20ClNO3S. The van der Waals surface area contributed by atoms with Gasteiger partial charge in [-0.3, -0.25) is 0 Å². The number of nitrogens with one attached hydrogen (secondary N) is 1. The van der Waals surface area contributed by atoms with Crippen molar-refractivity contribution >= 4 is 21.6 Å². The largest absolute Gasteiger partial charge is 0.491 e. The van der Waals surface area contributed by atoms with Crippen LogP contribution in [-0.2, 0) is 22.3 Å². The molecule has 4 nitrogen and oxygen atoms in total. The van der Waals surface area contributed by atoms with E-state index in [2.05, 4.69) is 4.72 Å². The Bertz CT molecular complexity index is 760. The Morgan fingerprint density at radius 3 is 2.57 bits per heavy atom. The number of hydrogen-bond acceptors (Lipinski definition) is 3. The van der Waals surface area contributed by atoms with Crippen molar-refractivity contribution in [3.05, 3.63) is 64.7 Å². The standard InChI is InChI=1S/C17H20ClNO3S/c1-13(2)22-16-8-5-6-14(10-16)11-19-23(20,21)12-15-7-3-4-9-17(15)18/h3-10,13,19H,11-12H2,1-2H3. The first-order valence-electron chi connectivity index (χ1n) is 7.32. The van der Waals surface area contributed by atoms with Crippen LogP contribution in [0.25, 0.3) is 0 Å². The van der Waals surface area contributed by atoms with E-state index in [1.807, 2.05) is 38.1 Å². The highest BCUT2D eigenvalue weighted by Gasteiger charge is 2.13. The third-order valence-electron chi connectivity index (χ3n) is 3.07. The number of halogens is 1. The molecule has 6 heteroatoms. The zero-order valence-electron chi connectivity index (χ0n) is 13.1. The molecule has 0 fully saturated rings. The summed E-state index contributed by atoms with van der Waals surface area (Å²) in [6, 6.07) is 14.3. The summed E-state index contributed by atoms with van der Waals surface area (Å²) in [5.41, 5.74) is 1.42. The third-order valence-corrected chi connectivity index (χ3v) is 4.71. The van der Waals surface area contributed by atoms with Crippen LogP contribution in [0.2, 0.25) is 5.02 Å². The van der Waals surface area contributed by atoms with Gasteiger partial charge in [0.05, 0.1) is 11.9 Å². The SMILES string of the molecule is CC(C)Oc1cccc(CNS(=O)(=O)Cc2ccccc2Cl)c1. The fraction of sp³-hybridized carbons (Fsp3) is 0.294. The average Bonchev–Trinajstić information content (AvgIpc) is 2.47. The molecule has 2 aromatic carbocycles. The maximum absolute atomic E-state index is 12.2. The molecule has 0 bridgehead atoms. The summed E-state index contributed by atoms with van der Waals surface area (Å²) in [5, 5.41) is 0.449. The van der Waals surface area contributed by atoms with Gasteiger partial charge >= 0.3 is 0 Å². The molecular weight excluding hydrogens is 334 g/mol. The summed E-state index contributed by atoms with van der Waals surface area (Å²) >= 11 is 6.01. The second-order valence-electron chi connectivity index (χ2n) is 5.49. The maximum atomic E-state index is 12.2. The van der Waals surface area contributed by atoms with E-state index in [1.54, 1.807) is 24.3 Å². The molecule has 0 unspecified atom stereocenters. The van der Waals surface area contributed by atoms with E-state index in [0.717, 1.165) is 11.3 Å². The molecule has 0 radical (unpaired) electrons. The van der Waals surface area contributed by atoms with E-state index < -0.39 is 10.0 Å². The molecule has 0 atom stereocenters. The number of hydrogen-bond donors (Lipinski definition) is 1. The summed E-state index contributed by atoms with van der Waals surface area (Å²) in [5.74, 6) is 0.581. The first-order chi connectivity index (χ1) is 10.9. The molecule has 0 aromatic heterocycles. The van der Waals surface area contributed by atoms with Crippen molar-refractivity contribution in [2.24, 2.45) is 0 Å². The Hall–Kier alpha value is -1.56. The molecule has 0 heterocycles. The Kier molecular flexibility index (Phi) is 6.04. The van der Waals surface area contributed by atoms with Gasteiger partial charge in [0.2, 0.25) is 10.0 Å². The Morgan fingerprint density at radius 2 is 1.87 bits per heavy atom. The molecule has 0 aliphatic rings. The molecule has 2 aromatic rings. The third kappa shape index (κ3) is 5.86. The van der Waals surface area contributed by atoms with Gasteiger partial charge in [-0.15, -0.1) is 0 Å². The molecule has 0 aliphatic heterocycles. The smallest absolute Gasteiger partial charge is 0.216 e. The lowest BCUT2D eigenvalue weighted by molar-refractivity contribution is 0.242. The number of ether oxygens (including phenoxy) is 1. The lowest BCUT2D eigenvalue weighted by Gasteiger charge is -2.12. The van der Waals surface area contributed by atoms with E-state index >= 15 is 0 Å². The molecule has 2 rings (SSSR count). The molecule has 23 heavy (non-hydrogen) atoms. The first-order valence-corrected chi connectivity index (χ1v) is 9.35. The molecule has 0 saturated heterocycles. The lowest BCUT2D eigenvalue weighted by Crippen LogP contribution is -2.24. The quantitative estimate of drug-likeness (QED) is 0.824. The molecule has 124 valence electrons. The van der Waals surface area contributed by atoms with Crippen LogP contribution >= 0.6 is 11.6 Å². The minimum absolute atomic E-state index is 0.0714. The highest BCUT2D eigenvalue weighted by molar-refractivity contribution is 7.88. The van der Waals surface area contributed by atoms with E-state index in [9.17, 15) is 8.42 Å². The van der Waals surface area contributed by atoms with E-state index in [1.165, 1.54) is 0 Å². The van der Waals surface area contributed by atoms with Crippen LogP contribution in [0.1, 0.15) is 25.0 Å². The Labute approximate surface area is 142 Å². The summed E-state index contributed by atoms with van der Waals surface area (Å²) in [4.78, 5) is 0. The minimum atomic E-state index is -3.47. The fourth-order valence-corrected chi connectivity index (χ4v) is 3.50. The fourth-order valence-electron chi connectivity index (χ4n) is 2.07. The van der Waals surface area contributed by atoms with Crippen LogP contribution in [0.5, 0.6) is 5.75 Å². The number of sulfonamides is 1. The summed E-state index contributed by atoms with van der Waals surface area (Å²) in [6.45, 7) is 4.10. The predicted octanol–water partition coefficient (Wildman–Crippen LogP) is 3.75. The zero-order valence-corrected chi connectivity index (χ0v) is 14.7. The van der Waals surface area contributed by atoms with Crippen molar-refractivity contribution in [2.75, 3.05) is 0 Å². The minimum Gasteiger partial charge on any atom is -0.491 e. The predicted molar refractivity (Wildman–Crippen MR) is 93.1 cm³/mol. The highest BCUT2D eigenvalue weighted by atomic mass is 35.5. The van der Waals surface area contributed by atoms with Crippen molar-refractivity contribution in [3.63, 3.8) is 0 Å². The normalized spacial score (nSPS) is 11.7. The average molecular weight is 354 g/mol. The van der Waals surface area contributed by atoms with Gasteiger partial charge in [0, 0.05) is 11.6 Å². The van der Waals surface area contributed by atoms with Gasteiger partial charge in [-0.2, -0.15) is 0 Å². The molecule has 1 N–H and O–H groups in total. The lowest BCUT2D eigenvalue weighted by atomic mass is 10.2. The van der Waals surface area contributed by atoms with Gasteiger partial charge in [-0.25, -0.2) is 13.1 Å². The second-order valence-corrected chi connectivity index (χ2v) is 7.70. The topological polar surface area (TPSA) is 55.4 Å². The molecule has 0 saturated carbocycles. The molecule has 0 aliphatic carbocycles. The summed E-state index contributed by atoms with van der Waals surface area (Å²) < 4.78 is 32.6. The van der Waals surface area contributed by atoms with Gasteiger partial charge in [-0.1, -0.05) is 41.9 Å². The van der Waals surface area contributed by atoms with Gasteiger partial charge < -0.3 is 4.74 Å². The molecule has 0 spiro atoms. The first kappa shape index (κ1) is 17.8. The van der Waals surface area contributed by atoms with Crippen molar-refractivity contribution < 1.29 is 13.2 Å². The van der Waals surface area contributed by atoms with Gasteiger partial charge in [0.15, 0.2) is 0 Å². The van der Waals surface area contributed by atoms with Crippen LogP contribution in [-0.4, -0.2) is 14.5 Å². The van der Waals surface area contributed by atoms with E-state index in [0.29, 0.717) is 10.6 Å². The van der Waals surface area contributed by atoms with E-state index in [4.69, 9.17) is 16.3 Å². The van der Waals surface area contributed by atoms with Crippen molar-refractivity contribution in [1.29, 1.82) is 0 Å². The maximum Gasteiger partial charge on any atom is 0.216 e. The van der Waals surface area contributed by atoms with Crippen LogP contribution in [0.3, 0.4) is 0 Å². The summed E-state index contributed by atoms with van der Waals surface area (Å²) in [6.07, 6.45) is 0.0714. The van der Waals surface area contributed by atoms with Crippen molar-refractivity contribution in [2.45, 2.75) is 32.2 Å². The highest BCUT2D eigenvalue weighted by Crippen LogP contribution is 2.18.